The summed E-state index contributed by atoms with van der Waals surface area (Å²) in [5, 5.41) is 5.56. The smallest absolute Gasteiger partial charge is 0.267 e. The van der Waals surface area contributed by atoms with Gasteiger partial charge in [-0.05, 0) is 24.3 Å². The van der Waals surface area contributed by atoms with Crippen LogP contribution in [0.1, 0.15) is 16.9 Å². The number of benzene rings is 1. The minimum absolute atomic E-state index is 0.0198. The number of hydrogen-bond donors (Lipinski definition) is 3. The van der Waals surface area contributed by atoms with E-state index in [2.05, 4.69) is 22.2 Å². The Morgan fingerprint density at radius 3 is 2.78 bits per heavy atom. The molecule has 0 fully saturated rings. The number of amides is 2. The van der Waals surface area contributed by atoms with Gasteiger partial charge in [0.2, 0.25) is 0 Å². The van der Waals surface area contributed by atoms with E-state index in [1.54, 1.807) is 12.1 Å². The molecular weight excluding hydrogens is 375 g/mol. The Morgan fingerprint density at radius 1 is 1.30 bits per heavy atom. The van der Waals surface area contributed by atoms with Crippen LogP contribution in [0.5, 0.6) is 5.75 Å². The zero-order valence-corrected chi connectivity index (χ0v) is 15.1. The number of ether oxygens (including phenoxy) is 1. The second-order valence-electron chi connectivity index (χ2n) is 5.47. The molecule has 1 aromatic carbocycles. The van der Waals surface area contributed by atoms with E-state index in [0.717, 1.165) is 6.07 Å². The Labute approximate surface area is 160 Å². The van der Waals surface area contributed by atoms with Crippen LogP contribution < -0.4 is 21.1 Å². The van der Waals surface area contributed by atoms with Gasteiger partial charge in [0.15, 0.2) is 6.61 Å². The van der Waals surface area contributed by atoms with Crippen LogP contribution in [-0.2, 0) is 4.79 Å². The molecule has 2 amide bonds. The van der Waals surface area contributed by atoms with Gasteiger partial charge in [0.1, 0.15) is 23.1 Å². The summed E-state index contributed by atoms with van der Waals surface area (Å²) in [5.41, 5.74) is 5.90. The molecular formula is C18H18ClFN4O3. The number of pyridine rings is 1. The van der Waals surface area contributed by atoms with Gasteiger partial charge in [-0.15, -0.1) is 0 Å². The van der Waals surface area contributed by atoms with E-state index in [0.29, 0.717) is 24.5 Å². The maximum Gasteiger partial charge on any atom is 0.267 e. The van der Waals surface area contributed by atoms with Crippen LogP contribution in [-0.4, -0.2) is 29.9 Å². The summed E-state index contributed by atoms with van der Waals surface area (Å²) in [7, 11) is 0. The van der Waals surface area contributed by atoms with Crippen LogP contribution in [0.4, 0.5) is 10.2 Å². The van der Waals surface area contributed by atoms with E-state index in [4.69, 9.17) is 22.1 Å². The van der Waals surface area contributed by atoms with E-state index < -0.39 is 11.7 Å². The molecule has 1 aromatic heterocycles. The molecule has 27 heavy (non-hydrogen) atoms. The molecule has 0 aliphatic rings. The predicted octanol–water partition coefficient (Wildman–Crippen LogP) is 2.48. The fraction of sp³-hybridized carbons (Fsp3) is 0.167. The summed E-state index contributed by atoms with van der Waals surface area (Å²) in [4.78, 5) is 26.9. The van der Waals surface area contributed by atoms with E-state index in [1.165, 1.54) is 18.2 Å². The topological polar surface area (TPSA) is 106 Å². The van der Waals surface area contributed by atoms with Gasteiger partial charge >= 0.3 is 0 Å². The standard InChI is InChI=1S/C18H18ClFN4O3/c1-11(23-16-4-2-3-15(24-16)18(21)26)7-8-22-17(25)10-27-12-5-6-13(19)14(20)9-12/h2-6,9H,1,7-8,10H2,(H2,21,26)(H,22,25)(H,23,24). The Hall–Kier alpha value is -3.13. The lowest BCUT2D eigenvalue weighted by Crippen LogP contribution is -2.30. The van der Waals surface area contributed by atoms with E-state index in [1.807, 2.05) is 0 Å². The Kier molecular flexibility index (Phi) is 7.13. The van der Waals surface area contributed by atoms with Gasteiger partial charge in [-0.3, -0.25) is 9.59 Å². The predicted molar refractivity (Wildman–Crippen MR) is 100 cm³/mol. The van der Waals surface area contributed by atoms with Crippen molar-refractivity contribution in [2.24, 2.45) is 5.73 Å². The van der Waals surface area contributed by atoms with Gasteiger partial charge in [-0.25, -0.2) is 9.37 Å². The highest BCUT2D eigenvalue weighted by Crippen LogP contribution is 2.20. The fourth-order valence-electron chi connectivity index (χ4n) is 2.00. The van der Waals surface area contributed by atoms with Gasteiger partial charge in [0.25, 0.3) is 11.8 Å². The van der Waals surface area contributed by atoms with Crippen molar-refractivity contribution in [2.45, 2.75) is 6.42 Å². The maximum atomic E-state index is 13.3. The molecule has 0 unspecified atom stereocenters. The lowest BCUT2D eigenvalue weighted by molar-refractivity contribution is -0.123. The molecule has 7 nitrogen and oxygen atoms in total. The minimum atomic E-state index is -0.628. The molecule has 9 heteroatoms. The van der Waals surface area contributed by atoms with Crippen LogP contribution >= 0.6 is 11.6 Å². The van der Waals surface area contributed by atoms with Gasteiger partial charge in [0.05, 0.1) is 5.02 Å². The summed E-state index contributed by atoms with van der Waals surface area (Å²) >= 11 is 5.57. The number of anilines is 1. The van der Waals surface area contributed by atoms with Crippen molar-refractivity contribution in [3.05, 3.63) is 65.2 Å². The summed E-state index contributed by atoms with van der Waals surface area (Å²) in [6.07, 6.45) is 0.420. The second kappa shape index (κ2) is 9.54. The van der Waals surface area contributed by atoms with Crippen molar-refractivity contribution in [3.63, 3.8) is 0 Å². The van der Waals surface area contributed by atoms with Gasteiger partial charge in [0, 0.05) is 24.7 Å². The average molecular weight is 393 g/mol. The molecule has 1 heterocycles. The van der Waals surface area contributed by atoms with Crippen LogP contribution in [0.3, 0.4) is 0 Å². The molecule has 2 aromatic rings. The van der Waals surface area contributed by atoms with E-state index >= 15 is 0 Å². The molecule has 0 aliphatic heterocycles. The summed E-state index contributed by atoms with van der Waals surface area (Å²) in [5.74, 6) is -0.982. The summed E-state index contributed by atoms with van der Waals surface area (Å²) in [6, 6.07) is 8.73. The molecule has 0 spiro atoms. The highest BCUT2D eigenvalue weighted by Gasteiger charge is 2.07. The second-order valence-corrected chi connectivity index (χ2v) is 5.87. The summed E-state index contributed by atoms with van der Waals surface area (Å²) < 4.78 is 18.5. The first kappa shape index (κ1) is 20.2. The van der Waals surface area contributed by atoms with Crippen molar-refractivity contribution in [1.29, 1.82) is 0 Å². The first-order chi connectivity index (χ1) is 12.8. The third-order valence-electron chi connectivity index (χ3n) is 3.32. The minimum Gasteiger partial charge on any atom is -0.484 e. The lowest BCUT2D eigenvalue weighted by Gasteiger charge is -2.11. The SMILES string of the molecule is C=C(CCNC(=O)COc1ccc(Cl)c(F)c1)Nc1cccc(C(N)=O)n1. The number of aromatic nitrogens is 1. The lowest BCUT2D eigenvalue weighted by atomic mass is 10.3. The van der Waals surface area contributed by atoms with Crippen LogP contribution in [0, 0.1) is 5.82 Å². The first-order valence-corrected chi connectivity index (χ1v) is 8.29. The largest absolute Gasteiger partial charge is 0.484 e. The monoisotopic (exact) mass is 392 g/mol. The van der Waals surface area contributed by atoms with Crippen LogP contribution in [0.25, 0.3) is 0 Å². The Bertz CT molecular complexity index is 860. The number of hydrogen-bond acceptors (Lipinski definition) is 5. The zero-order chi connectivity index (χ0) is 19.8. The Morgan fingerprint density at radius 2 is 2.07 bits per heavy atom. The molecule has 0 aliphatic carbocycles. The number of nitrogens with zero attached hydrogens (tertiary/aromatic N) is 1. The molecule has 0 saturated heterocycles. The third kappa shape index (κ3) is 6.59. The van der Waals surface area contributed by atoms with Crippen molar-refractivity contribution < 1.29 is 18.7 Å². The van der Waals surface area contributed by atoms with Crippen molar-refractivity contribution in [3.8, 4) is 5.75 Å². The number of nitrogens with two attached hydrogens (primary N) is 1. The Balaban J connectivity index is 1.71. The molecule has 0 bridgehead atoms. The average Bonchev–Trinajstić information content (AvgIpc) is 2.63. The number of rotatable bonds is 9. The maximum absolute atomic E-state index is 13.3. The van der Waals surface area contributed by atoms with Gasteiger partial charge in [-0.1, -0.05) is 24.2 Å². The van der Waals surface area contributed by atoms with E-state index in [-0.39, 0.29) is 29.0 Å². The molecule has 0 radical (unpaired) electrons. The van der Waals surface area contributed by atoms with Crippen LogP contribution in [0.15, 0.2) is 48.7 Å². The van der Waals surface area contributed by atoms with Crippen molar-refractivity contribution >= 4 is 29.2 Å². The number of carbonyl (C=O) groups is 2. The van der Waals surface area contributed by atoms with Crippen LogP contribution in [0.2, 0.25) is 5.02 Å². The molecule has 4 N–H and O–H groups in total. The zero-order valence-electron chi connectivity index (χ0n) is 14.3. The number of nitrogens with one attached hydrogen (secondary N) is 2. The fourth-order valence-corrected chi connectivity index (χ4v) is 2.12. The highest BCUT2D eigenvalue weighted by molar-refractivity contribution is 6.30. The number of carbonyl (C=O) groups excluding carboxylic acids is 2. The molecule has 2 rings (SSSR count). The number of primary amides is 1. The highest BCUT2D eigenvalue weighted by atomic mass is 35.5. The molecule has 0 atom stereocenters. The summed E-state index contributed by atoms with van der Waals surface area (Å²) in [6.45, 7) is 3.87. The van der Waals surface area contributed by atoms with Gasteiger partial charge < -0.3 is 21.1 Å². The van der Waals surface area contributed by atoms with Crippen molar-refractivity contribution in [1.82, 2.24) is 10.3 Å². The normalized spacial score (nSPS) is 10.1. The third-order valence-corrected chi connectivity index (χ3v) is 3.62. The molecule has 0 saturated carbocycles. The first-order valence-electron chi connectivity index (χ1n) is 7.91. The quantitative estimate of drug-likeness (QED) is 0.607. The molecule has 142 valence electrons. The number of halogens is 2. The van der Waals surface area contributed by atoms with Crippen molar-refractivity contribution in [2.75, 3.05) is 18.5 Å². The van der Waals surface area contributed by atoms with Gasteiger partial charge in [-0.2, -0.15) is 0 Å². The van der Waals surface area contributed by atoms with E-state index in [9.17, 15) is 14.0 Å².